The van der Waals surface area contributed by atoms with Crippen LogP contribution in [0.15, 0.2) is 63.6 Å². The van der Waals surface area contributed by atoms with Gasteiger partial charge in [0, 0.05) is 10.9 Å². The van der Waals surface area contributed by atoms with Crippen molar-refractivity contribution in [1.29, 1.82) is 0 Å². The number of carbonyl (C=O) groups excluding carboxylic acids is 2. The summed E-state index contributed by atoms with van der Waals surface area (Å²) in [6.07, 6.45) is -1.50. The molecule has 1 aromatic carbocycles. The molecule has 194 valence electrons. The van der Waals surface area contributed by atoms with Gasteiger partial charge in [-0.3, -0.25) is 9.59 Å². The highest BCUT2D eigenvalue weighted by atomic mass is 35.5. The van der Waals surface area contributed by atoms with Crippen LogP contribution in [0.3, 0.4) is 0 Å². The van der Waals surface area contributed by atoms with E-state index in [1.165, 1.54) is 12.3 Å². The summed E-state index contributed by atoms with van der Waals surface area (Å²) in [4.78, 5) is 29.4. The zero-order chi connectivity index (χ0) is 27.0. The molecule has 4 heterocycles. The summed E-state index contributed by atoms with van der Waals surface area (Å²) < 4.78 is 43.9. The molecule has 12 heteroatoms. The highest BCUT2D eigenvalue weighted by Crippen LogP contribution is 2.42. The van der Waals surface area contributed by atoms with Crippen molar-refractivity contribution in [3.05, 3.63) is 87.5 Å². The Hall–Kier alpha value is -4.22. The Kier molecular flexibility index (Phi) is 6.87. The number of nitrogens with two attached hydrogens (primary N) is 1. The van der Waals surface area contributed by atoms with Crippen molar-refractivity contribution < 1.29 is 31.9 Å². The minimum atomic E-state index is -2.87. The molecule has 0 aliphatic carbocycles. The van der Waals surface area contributed by atoms with Crippen LogP contribution in [0, 0.1) is 6.92 Å². The number of primary amides is 1. The number of pyridine rings is 1. The van der Waals surface area contributed by atoms with E-state index in [9.17, 15) is 18.4 Å². The second-order valence-corrected chi connectivity index (χ2v) is 9.52. The number of nitrogens with zero attached hydrogens (tertiary/aromatic N) is 1. The normalized spacial score (nSPS) is 11.3. The number of aromatic nitrogens is 1. The molecule has 5 rings (SSSR count). The van der Waals surface area contributed by atoms with E-state index in [-0.39, 0.29) is 44.5 Å². The second kappa shape index (κ2) is 10.3. The largest absolute Gasteiger partial charge is 0.484 e. The molecule has 0 spiro atoms. The van der Waals surface area contributed by atoms with Gasteiger partial charge in [0.25, 0.3) is 18.2 Å². The minimum Gasteiger partial charge on any atom is -0.484 e. The Morgan fingerprint density at radius 2 is 2.03 bits per heavy atom. The maximum absolute atomic E-state index is 13.6. The molecular formula is C26H18ClF2N3O5S. The number of anilines is 1. The van der Waals surface area contributed by atoms with Crippen LogP contribution in [0.4, 0.5) is 14.5 Å². The molecule has 2 amide bonds. The van der Waals surface area contributed by atoms with Crippen molar-refractivity contribution in [3.8, 4) is 17.1 Å². The maximum atomic E-state index is 13.6. The van der Waals surface area contributed by atoms with Crippen LogP contribution in [-0.4, -0.2) is 16.8 Å². The van der Waals surface area contributed by atoms with Gasteiger partial charge in [0.2, 0.25) is 0 Å². The van der Waals surface area contributed by atoms with Gasteiger partial charge in [-0.15, -0.1) is 11.3 Å². The zero-order valence-corrected chi connectivity index (χ0v) is 21.2. The summed E-state index contributed by atoms with van der Waals surface area (Å²) in [6, 6.07) is 12.6. The van der Waals surface area contributed by atoms with E-state index in [2.05, 4.69) is 10.3 Å². The van der Waals surface area contributed by atoms with Gasteiger partial charge in [0.1, 0.15) is 39.3 Å². The molecule has 8 nitrogen and oxygen atoms in total. The van der Waals surface area contributed by atoms with Gasteiger partial charge in [-0.25, -0.2) is 13.8 Å². The van der Waals surface area contributed by atoms with Crippen LogP contribution in [-0.2, 0) is 6.61 Å². The van der Waals surface area contributed by atoms with E-state index in [4.69, 9.17) is 30.9 Å². The van der Waals surface area contributed by atoms with Crippen LogP contribution in [0.2, 0.25) is 5.02 Å². The number of halogens is 3. The van der Waals surface area contributed by atoms with Crippen molar-refractivity contribution in [2.45, 2.75) is 20.0 Å². The molecule has 38 heavy (non-hydrogen) atoms. The third kappa shape index (κ3) is 4.85. The number of nitrogens with one attached hydrogen (secondary N) is 1. The molecule has 0 bridgehead atoms. The van der Waals surface area contributed by atoms with Gasteiger partial charge in [-0.2, -0.15) is 0 Å². The lowest BCUT2D eigenvalue weighted by Gasteiger charge is -2.09. The number of benzene rings is 1. The number of ether oxygens (including phenoxy) is 1. The van der Waals surface area contributed by atoms with E-state index in [0.29, 0.717) is 16.5 Å². The first-order chi connectivity index (χ1) is 18.2. The quantitative estimate of drug-likeness (QED) is 0.212. The first kappa shape index (κ1) is 25.4. The third-order valence-electron chi connectivity index (χ3n) is 5.56. The average Bonchev–Trinajstić information content (AvgIpc) is 3.63. The zero-order valence-electron chi connectivity index (χ0n) is 19.6. The van der Waals surface area contributed by atoms with E-state index in [0.717, 1.165) is 23.0 Å². The number of rotatable bonds is 8. The minimum absolute atomic E-state index is 0.00867. The monoisotopic (exact) mass is 557 g/mol. The predicted octanol–water partition coefficient (Wildman–Crippen LogP) is 6.98. The molecule has 0 aliphatic heterocycles. The highest BCUT2D eigenvalue weighted by molar-refractivity contribution is 7.21. The van der Waals surface area contributed by atoms with E-state index < -0.39 is 23.9 Å². The molecule has 0 unspecified atom stereocenters. The van der Waals surface area contributed by atoms with Crippen LogP contribution in [0.5, 0.6) is 5.75 Å². The fraction of sp³-hybridized carbons (Fsp3) is 0.115. The number of aryl methyl sites for hydroxylation is 1. The third-order valence-corrected chi connectivity index (χ3v) is 6.96. The van der Waals surface area contributed by atoms with Crippen molar-refractivity contribution >= 4 is 50.7 Å². The summed E-state index contributed by atoms with van der Waals surface area (Å²) in [7, 11) is 0. The van der Waals surface area contributed by atoms with Crippen molar-refractivity contribution in [1.82, 2.24) is 4.98 Å². The topological polar surface area (TPSA) is 121 Å². The Balaban J connectivity index is 1.48. The highest BCUT2D eigenvalue weighted by Gasteiger charge is 2.26. The van der Waals surface area contributed by atoms with Gasteiger partial charge in [0.15, 0.2) is 5.76 Å². The van der Waals surface area contributed by atoms with Gasteiger partial charge >= 0.3 is 0 Å². The Labute approximate surface area is 223 Å². The number of hydrogen-bond acceptors (Lipinski definition) is 7. The molecule has 4 aromatic heterocycles. The summed E-state index contributed by atoms with van der Waals surface area (Å²) in [5, 5.41) is 3.31. The molecule has 0 fully saturated rings. The van der Waals surface area contributed by atoms with Crippen LogP contribution >= 0.6 is 22.9 Å². The number of para-hydroxylation sites is 1. The number of hydrogen-bond donors (Lipinski definition) is 2. The lowest BCUT2D eigenvalue weighted by molar-refractivity contribution is 0.0992. The summed E-state index contributed by atoms with van der Waals surface area (Å²) in [6.45, 7) is 1.86. The molecule has 0 aliphatic rings. The summed E-state index contributed by atoms with van der Waals surface area (Å²) in [5.41, 5.74) is 6.11. The summed E-state index contributed by atoms with van der Waals surface area (Å²) in [5.74, 6) is -0.554. The Bertz CT molecular complexity index is 1640. The lowest BCUT2D eigenvalue weighted by atomic mass is 10.1. The first-order valence-electron chi connectivity index (χ1n) is 11.1. The first-order valence-corrected chi connectivity index (χ1v) is 12.3. The number of amides is 2. The number of alkyl halides is 2. The van der Waals surface area contributed by atoms with Gasteiger partial charge in [0.05, 0.1) is 17.0 Å². The fourth-order valence-corrected chi connectivity index (χ4v) is 5.13. The van der Waals surface area contributed by atoms with Crippen LogP contribution < -0.4 is 15.8 Å². The van der Waals surface area contributed by atoms with Crippen LogP contribution in [0.1, 0.15) is 43.7 Å². The molecule has 0 radical (unpaired) electrons. The molecular weight excluding hydrogens is 540 g/mol. The fourth-order valence-electron chi connectivity index (χ4n) is 3.84. The van der Waals surface area contributed by atoms with Gasteiger partial charge < -0.3 is 24.6 Å². The van der Waals surface area contributed by atoms with Crippen LogP contribution in [0.25, 0.3) is 21.5 Å². The summed E-state index contributed by atoms with van der Waals surface area (Å²) >= 11 is 6.97. The van der Waals surface area contributed by atoms with Gasteiger partial charge in [-0.1, -0.05) is 23.7 Å². The smallest absolute Gasteiger partial charge is 0.291 e. The predicted molar refractivity (Wildman–Crippen MR) is 138 cm³/mol. The molecule has 3 N–H and O–H groups in total. The number of fused-ring (bicyclic) bond motifs is 1. The van der Waals surface area contributed by atoms with Gasteiger partial charge in [-0.05, 0) is 48.9 Å². The second-order valence-electron chi connectivity index (χ2n) is 8.12. The van der Waals surface area contributed by atoms with E-state index in [1.54, 1.807) is 30.3 Å². The Morgan fingerprint density at radius 1 is 1.21 bits per heavy atom. The van der Waals surface area contributed by atoms with Crippen molar-refractivity contribution in [3.63, 3.8) is 0 Å². The van der Waals surface area contributed by atoms with E-state index in [1.807, 2.05) is 13.0 Å². The molecule has 0 saturated heterocycles. The average molecular weight is 558 g/mol. The molecule has 5 aromatic rings. The number of carbonyl (C=O) groups is 2. The lowest BCUT2D eigenvalue weighted by Crippen LogP contribution is -2.16. The molecule has 0 saturated carbocycles. The van der Waals surface area contributed by atoms with Crippen molar-refractivity contribution in [2.24, 2.45) is 5.73 Å². The van der Waals surface area contributed by atoms with E-state index >= 15 is 0 Å². The maximum Gasteiger partial charge on any atom is 0.291 e. The standard InChI is InChI=1S/C26H18ClF2N3O5S/c1-12-4-2-5-15(27)21(12)36-11-13-7-8-18(37-13)25(34)32-20-19-14(17-6-3-9-35-17)10-16(23(28)29)31-26(19)38-22(20)24(30)33/h2-10,23H,11H2,1H3,(H2,30,33)(H,32,34). The van der Waals surface area contributed by atoms with Crippen molar-refractivity contribution in [2.75, 3.05) is 5.32 Å². The number of thiophene rings is 1. The Morgan fingerprint density at radius 3 is 2.71 bits per heavy atom. The number of furan rings is 2. The molecule has 0 atom stereocenters. The SMILES string of the molecule is Cc1cccc(Cl)c1OCc1ccc(C(=O)Nc2c(C(N)=O)sc3nc(C(F)F)cc(-c4ccco4)c23)o1.